The summed E-state index contributed by atoms with van der Waals surface area (Å²) in [7, 11) is 0. The third kappa shape index (κ3) is 5.55. The fourth-order valence-electron chi connectivity index (χ4n) is 1.63. The van der Waals surface area contributed by atoms with Crippen LogP contribution in [0.3, 0.4) is 0 Å². The molecule has 1 N–H and O–H groups in total. The number of anilines is 1. The lowest BCUT2D eigenvalue weighted by Gasteiger charge is -2.14. The summed E-state index contributed by atoms with van der Waals surface area (Å²) in [4.78, 5) is 37.2. The maximum absolute atomic E-state index is 11.9. The molecule has 0 fully saturated rings. The minimum absolute atomic E-state index is 0.0231. The van der Waals surface area contributed by atoms with E-state index in [2.05, 4.69) is 10.3 Å². The van der Waals surface area contributed by atoms with Gasteiger partial charge >= 0.3 is 11.0 Å². The number of thiazole rings is 1. The Morgan fingerprint density at radius 1 is 1.42 bits per heavy atom. The molecule has 1 aromatic carbocycles. The first-order valence-electron chi connectivity index (χ1n) is 6.94. The van der Waals surface area contributed by atoms with E-state index in [0.29, 0.717) is 16.4 Å². The molecule has 1 unspecified atom stereocenters. The van der Waals surface area contributed by atoms with Crippen LogP contribution in [0.4, 0.5) is 10.1 Å². The van der Waals surface area contributed by atoms with Crippen molar-refractivity contribution in [1.29, 1.82) is 0 Å². The Morgan fingerprint density at radius 2 is 2.15 bits per heavy atom. The van der Waals surface area contributed by atoms with Crippen LogP contribution in [0.15, 0.2) is 24.4 Å². The van der Waals surface area contributed by atoms with E-state index < -0.39 is 29.5 Å². The Hall–Kier alpha value is -2.43. The maximum Gasteiger partial charge on any atom is 0.347 e. The van der Waals surface area contributed by atoms with E-state index in [1.807, 2.05) is 0 Å². The molecule has 0 saturated carbocycles. The lowest BCUT2D eigenvalue weighted by Crippen LogP contribution is -2.29. The first kappa shape index (κ1) is 19.9. The molecular formula is C14H11Cl2N3O6S. The van der Waals surface area contributed by atoms with Crippen molar-refractivity contribution in [2.45, 2.75) is 13.0 Å². The molecule has 0 spiro atoms. The molecule has 1 heterocycles. The number of halogens is 2. The van der Waals surface area contributed by atoms with Gasteiger partial charge in [0.1, 0.15) is 11.9 Å². The second-order valence-corrected chi connectivity index (χ2v) is 6.60. The van der Waals surface area contributed by atoms with Crippen LogP contribution in [0.5, 0.6) is 5.75 Å². The van der Waals surface area contributed by atoms with Gasteiger partial charge < -0.3 is 9.47 Å². The highest BCUT2D eigenvalue weighted by Gasteiger charge is 2.20. The first-order valence-corrected chi connectivity index (χ1v) is 8.52. The molecule has 2 rings (SSSR count). The van der Waals surface area contributed by atoms with E-state index in [4.69, 9.17) is 32.7 Å². The molecular weight excluding hydrogens is 409 g/mol. The largest absolute Gasteiger partial charge is 0.477 e. The van der Waals surface area contributed by atoms with Crippen molar-refractivity contribution in [2.75, 3.05) is 11.9 Å². The third-order valence-corrected chi connectivity index (χ3v) is 4.19. The predicted molar refractivity (Wildman–Crippen MR) is 94.9 cm³/mol. The number of ether oxygens (including phenoxy) is 2. The summed E-state index contributed by atoms with van der Waals surface area (Å²) in [6.07, 6.45) is -0.0136. The van der Waals surface area contributed by atoms with Gasteiger partial charge in [-0.2, -0.15) is 0 Å². The number of nitrogens with zero attached hydrogens (tertiary/aromatic N) is 2. The van der Waals surface area contributed by atoms with Crippen LogP contribution in [0.1, 0.15) is 6.92 Å². The van der Waals surface area contributed by atoms with Gasteiger partial charge in [0.05, 0.1) is 9.95 Å². The SMILES string of the molecule is CC(Oc1ccc(Cl)cc1Cl)C(=O)OCC(=O)Nc1ncc([N+](=O)[O-])s1. The lowest BCUT2D eigenvalue weighted by atomic mass is 10.3. The normalized spacial score (nSPS) is 11.5. The standard InChI is InChI=1S/C14H11Cl2N3O6S/c1-7(25-10-3-2-8(15)4-9(10)16)13(21)24-6-11(20)18-14-17-5-12(26-14)19(22)23/h2-5,7H,6H2,1H3,(H,17,18,20). The van der Waals surface area contributed by atoms with Gasteiger partial charge in [-0.3, -0.25) is 20.2 Å². The molecule has 9 nitrogen and oxygen atoms in total. The summed E-state index contributed by atoms with van der Waals surface area (Å²) in [6.45, 7) is 0.823. The Morgan fingerprint density at radius 3 is 2.77 bits per heavy atom. The molecule has 12 heteroatoms. The van der Waals surface area contributed by atoms with E-state index in [1.54, 1.807) is 6.07 Å². The molecule has 26 heavy (non-hydrogen) atoms. The summed E-state index contributed by atoms with van der Waals surface area (Å²) in [5.74, 6) is -1.25. The van der Waals surface area contributed by atoms with E-state index >= 15 is 0 Å². The molecule has 0 radical (unpaired) electrons. The monoisotopic (exact) mass is 419 g/mol. The van der Waals surface area contributed by atoms with E-state index in [9.17, 15) is 19.7 Å². The van der Waals surface area contributed by atoms with Crippen molar-refractivity contribution < 1.29 is 24.0 Å². The highest BCUT2D eigenvalue weighted by molar-refractivity contribution is 7.18. The number of aromatic nitrogens is 1. The van der Waals surface area contributed by atoms with Gasteiger partial charge in [-0.05, 0) is 36.5 Å². The Labute approximate surface area is 161 Å². The van der Waals surface area contributed by atoms with Crippen LogP contribution in [0.25, 0.3) is 0 Å². The number of benzene rings is 1. The van der Waals surface area contributed by atoms with Gasteiger partial charge in [0, 0.05) is 5.02 Å². The molecule has 0 aliphatic heterocycles. The molecule has 2 aromatic rings. The zero-order chi connectivity index (χ0) is 19.3. The van der Waals surface area contributed by atoms with Crippen LogP contribution in [-0.4, -0.2) is 34.5 Å². The van der Waals surface area contributed by atoms with Crippen molar-refractivity contribution in [3.63, 3.8) is 0 Å². The molecule has 0 bridgehead atoms. The van der Waals surface area contributed by atoms with E-state index in [0.717, 1.165) is 6.20 Å². The quantitative estimate of drug-likeness (QED) is 0.414. The summed E-state index contributed by atoms with van der Waals surface area (Å²) in [5, 5.41) is 13.3. The number of rotatable bonds is 7. The van der Waals surface area contributed by atoms with Crippen LogP contribution in [-0.2, 0) is 14.3 Å². The second kappa shape index (κ2) is 8.79. The molecule has 138 valence electrons. The number of nitro groups is 1. The number of nitrogens with one attached hydrogen (secondary N) is 1. The Bertz CT molecular complexity index is 844. The van der Waals surface area contributed by atoms with Gasteiger partial charge in [-0.1, -0.05) is 23.2 Å². The zero-order valence-electron chi connectivity index (χ0n) is 13.1. The molecule has 0 saturated heterocycles. The van der Waals surface area contributed by atoms with E-state index in [-0.39, 0.29) is 20.9 Å². The number of hydrogen-bond donors (Lipinski definition) is 1. The summed E-state index contributed by atoms with van der Waals surface area (Å²) >= 11 is 12.4. The highest BCUT2D eigenvalue weighted by Crippen LogP contribution is 2.28. The predicted octanol–water partition coefficient (Wildman–Crippen LogP) is 3.31. The van der Waals surface area contributed by atoms with Gasteiger partial charge in [-0.15, -0.1) is 0 Å². The van der Waals surface area contributed by atoms with Crippen molar-refractivity contribution in [3.8, 4) is 5.75 Å². The second-order valence-electron chi connectivity index (χ2n) is 4.75. The van der Waals surface area contributed by atoms with Crippen molar-refractivity contribution in [2.24, 2.45) is 0 Å². The lowest BCUT2D eigenvalue weighted by molar-refractivity contribution is -0.380. The number of amides is 1. The third-order valence-electron chi connectivity index (χ3n) is 2.79. The summed E-state index contributed by atoms with van der Waals surface area (Å²) in [5.41, 5.74) is 0. The molecule has 0 aliphatic carbocycles. The molecule has 0 aliphatic rings. The molecule has 1 amide bonds. The maximum atomic E-state index is 11.9. The van der Waals surface area contributed by atoms with Crippen LogP contribution in [0, 0.1) is 10.1 Å². The minimum Gasteiger partial charge on any atom is -0.477 e. The first-order chi connectivity index (χ1) is 12.3. The Kier molecular flexibility index (Phi) is 6.72. The van der Waals surface area contributed by atoms with Gasteiger partial charge in [0.25, 0.3) is 5.91 Å². The number of carbonyl (C=O) groups is 2. The van der Waals surface area contributed by atoms with Crippen molar-refractivity contribution in [1.82, 2.24) is 4.98 Å². The fourth-order valence-corrected chi connectivity index (χ4v) is 2.73. The zero-order valence-corrected chi connectivity index (χ0v) is 15.4. The van der Waals surface area contributed by atoms with Crippen molar-refractivity contribution >= 4 is 56.5 Å². The fraction of sp³-hybridized carbons (Fsp3) is 0.214. The van der Waals surface area contributed by atoms with Crippen molar-refractivity contribution in [3.05, 3.63) is 44.6 Å². The minimum atomic E-state index is -1.03. The smallest absolute Gasteiger partial charge is 0.347 e. The van der Waals surface area contributed by atoms with Gasteiger partial charge in [0.15, 0.2) is 17.8 Å². The topological polar surface area (TPSA) is 121 Å². The molecule has 1 atom stereocenters. The van der Waals surface area contributed by atoms with Gasteiger partial charge in [0.2, 0.25) is 0 Å². The number of carbonyl (C=O) groups excluding carboxylic acids is 2. The molecule has 1 aromatic heterocycles. The van der Waals surface area contributed by atoms with E-state index in [1.165, 1.54) is 19.1 Å². The number of esters is 1. The van der Waals surface area contributed by atoms with Crippen LogP contribution >= 0.6 is 34.5 Å². The van der Waals surface area contributed by atoms with Crippen LogP contribution in [0.2, 0.25) is 10.0 Å². The van der Waals surface area contributed by atoms with Crippen LogP contribution < -0.4 is 10.1 Å². The highest BCUT2D eigenvalue weighted by atomic mass is 35.5. The summed E-state index contributed by atoms with van der Waals surface area (Å²) in [6, 6.07) is 4.50. The average Bonchev–Trinajstić information content (AvgIpc) is 3.03. The average molecular weight is 420 g/mol. The summed E-state index contributed by atoms with van der Waals surface area (Å²) < 4.78 is 10.2. The Balaban J connectivity index is 1.82. The number of hydrogen-bond acceptors (Lipinski definition) is 8. The van der Waals surface area contributed by atoms with Gasteiger partial charge in [-0.25, -0.2) is 9.78 Å².